The van der Waals surface area contributed by atoms with Gasteiger partial charge in [0.05, 0.1) is 48.9 Å². The Balaban J connectivity index is 0.000000271. The summed E-state index contributed by atoms with van der Waals surface area (Å²) in [4.78, 5) is 162. The van der Waals surface area contributed by atoms with Crippen molar-refractivity contribution in [3.8, 4) is 17.2 Å². The van der Waals surface area contributed by atoms with Crippen LogP contribution < -0.4 is 57.6 Å². The summed E-state index contributed by atoms with van der Waals surface area (Å²) >= 11 is 0. The van der Waals surface area contributed by atoms with Gasteiger partial charge in [-0.15, -0.1) is 0 Å². The SMILES string of the molecule is CC(C)[C@H](NC(=O)OC(C)(C)C)C(=O)C[C@@H](CCCNC(N)=O)C(=O)Nc1ccc(CO)cc1.COC(=O)c1cc2ccc(OCc3ccccc3)cc2n1C(=O)OCc1ccc(NC(=O)[C@H](CCCNC(N)=O)CC(=O)[C@@H](NC(=O)OC(C)(C)C)C(C)C)cc1.COC(=O)c1cc2ccc(OCc3ccccc3)cc2n1C(=O)Oc1ccc([N+](=O)[O-])cc1. The fraction of sp³-hybridized carbons (Fsp3) is 0.356. The molecule has 0 saturated heterocycles. The zero-order chi connectivity index (χ0) is 91.0. The van der Waals surface area contributed by atoms with E-state index in [2.05, 4.69) is 31.9 Å². The maximum Gasteiger partial charge on any atom is 0.424 e. The molecule has 0 aliphatic heterocycles. The lowest BCUT2D eigenvalue weighted by Crippen LogP contribution is -2.47. The molecule has 0 bridgehead atoms. The first-order valence-corrected chi connectivity index (χ1v) is 39.8. The van der Waals surface area contributed by atoms with Gasteiger partial charge in [-0.1, -0.05) is 113 Å². The lowest BCUT2D eigenvalue weighted by molar-refractivity contribution is -0.384. The predicted octanol–water partition coefficient (Wildman–Crippen LogP) is 14.4. The van der Waals surface area contributed by atoms with Crippen LogP contribution in [0.5, 0.6) is 17.2 Å². The fourth-order valence-electron chi connectivity index (χ4n) is 12.4. The molecule has 8 amide bonds. The van der Waals surface area contributed by atoms with Crippen LogP contribution in [0, 0.1) is 33.8 Å². The number of nitro groups is 1. The van der Waals surface area contributed by atoms with E-state index in [0.29, 0.717) is 88.3 Å². The largest absolute Gasteiger partial charge is 0.489 e. The Morgan fingerprint density at radius 2 is 0.855 bits per heavy atom. The van der Waals surface area contributed by atoms with Crippen LogP contribution in [0.3, 0.4) is 0 Å². The third kappa shape index (κ3) is 31.1. The van der Waals surface area contributed by atoms with Gasteiger partial charge >= 0.3 is 48.4 Å². The van der Waals surface area contributed by atoms with Gasteiger partial charge in [0.25, 0.3) is 5.69 Å². The lowest BCUT2D eigenvalue weighted by atomic mass is 9.89. The van der Waals surface area contributed by atoms with Crippen molar-refractivity contribution in [3.63, 3.8) is 0 Å². The summed E-state index contributed by atoms with van der Waals surface area (Å²) in [5.41, 5.74) is 13.5. The van der Waals surface area contributed by atoms with Crippen LogP contribution in [0.2, 0.25) is 0 Å². The van der Waals surface area contributed by atoms with Gasteiger partial charge in [-0.05, 0) is 174 Å². The summed E-state index contributed by atoms with van der Waals surface area (Å²) < 4.78 is 45.3. The molecule has 4 atom stereocenters. The van der Waals surface area contributed by atoms with Crippen molar-refractivity contribution in [1.29, 1.82) is 0 Å². The number of primary amides is 2. The first kappa shape index (κ1) is 96.9. The highest BCUT2D eigenvalue weighted by Crippen LogP contribution is 2.31. The van der Waals surface area contributed by atoms with E-state index in [9.17, 15) is 72.8 Å². The number of urea groups is 2. The molecule has 11 N–H and O–H groups in total. The lowest BCUT2D eigenvalue weighted by Gasteiger charge is -2.26. The van der Waals surface area contributed by atoms with E-state index in [0.717, 1.165) is 20.3 Å². The Kier molecular flexibility index (Phi) is 36.4. The summed E-state index contributed by atoms with van der Waals surface area (Å²) in [6, 6.07) is 47.6. The van der Waals surface area contributed by atoms with Gasteiger partial charge < -0.3 is 86.4 Å². The second kappa shape index (κ2) is 46.6. The molecular formula is C90H107N11O23. The number of non-ortho nitro benzene ring substituents is 1. The van der Waals surface area contributed by atoms with Gasteiger partial charge in [-0.3, -0.25) is 29.3 Å². The number of hydrogen-bond acceptors (Lipinski definition) is 23. The molecule has 0 fully saturated rings. The van der Waals surface area contributed by atoms with Gasteiger partial charge in [0, 0.05) is 84.2 Å². The highest BCUT2D eigenvalue weighted by Gasteiger charge is 2.34. The maximum absolute atomic E-state index is 13.6. The number of methoxy groups -OCH3 is 2. The molecule has 34 nitrogen and oxygen atoms in total. The number of alkyl carbamates (subject to hydrolysis) is 2. The van der Waals surface area contributed by atoms with Gasteiger partial charge in [0.15, 0.2) is 11.6 Å². The summed E-state index contributed by atoms with van der Waals surface area (Å²) in [5, 5.41) is 37.0. The van der Waals surface area contributed by atoms with E-state index in [-0.39, 0.29) is 97.7 Å². The zero-order valence-corrected chi connectivity index (χ0v) is 71.2. The summed E-state index contributed by atoms with van der Waals surface area (Å²) in [6.07, 6.45) is -2.06. The fourth-order valence-corrected chi connectivity index (χ4v) is 12.4. The van der Waals surface area contributed by atoms with Crippen LogP contribution >= 0.6 is 0 Å². The number of nitrogens with two attached hydrogens (primary N) is 2. The molecule has 9 aromatic rings. The van der Waals surface area contributed by atoms with E-state index in [1.165, 1.54) is 50.6 Å². The van der Waals surface area contributed by atoms with Gasteiger partial charge in [0.1, 0.15) is 59.7 Å². The van der Waals surface area contributed by atoms with Crippen molar-refractivity contribution in [1.82, 2.24) is 30.4 Å². The monoisotopic (exact) mass is 1710 g/mol. The third-order valence-electron chi connectivity index (χ3n) is 18.5. The Hall–Kier alpha value is -14.2. The van der Waals surface area contributed by atoms with Crippen LogP contribution in [0.1, 0.15) is 151 Å². The van der Waals surface area contributed by atoms with Crippen LogP contribution in [0.15, 0.2) is 182 Å². The third-order valence-corrected chi connectivity index (χ3v) is 18.5. The van der Waals surface area contributed by atoms with Crippen LogP contribution in [-0.2, 0) is 69.3 Å². The number of nitrogens with one attached hydrogen (secondary N) is 6. The van der Waals surface area contributed by atoms with Crippen molar-refractivity contribution in [2.24, 2.45) is 35.1 Å². The predicted molar refractivity (Wildman–Crippen MR) is 460 cm³/mol. The molecule has 0 spiro atoms. The average molecular weight is 1710 g/mol. The molecule has 0 aliphatic carbocycles. The number of aliphatic hydroxyl groups excluding tert-OH is 1. The maximum atomic E-state index is 13.6. The molecule has 124 heavy (non-hydrogen) atoms. The Bertz CT molecular complexity index is 5180. The number of aliphatic hydroxyl groups is 1. The second-order valence-electron chi connectivity index (χ2n) is 31.2. The number of nitro benzene ring substituents is 1. The Morgan fingerprint density at radius 1 is 0.476 bits per heavy atom. The van der Waals surface area contributed by atoms with Crippen molar-refractivity contribution in [2.75, 3.05) is 37.9 Å². The summed E-state index contributed by atoms with van der Waals surface area (Å²) in [7, 11) is 2.43. The number of benzene rings is 7. The molecule has 2 heterocycles. The van der Waals surface area contributed by atoms with E-state index in [1.54, 1.807) is 154 Å². The first-order chi connectivity index (χ1) is 58.8. The summed E-state index contributed by atoms with van der Waals surface area (Å²) in [6.45, 7) is 18.3. The number of Topliss-reactive ketones (excluding diaryl/α,β-unsaturated/α-hetero) is 2. The Morgan fingerprint density at radius 3 is 1.22 bits per heavy atom. The minimum absolute atomic E-state index is 0.0189. The summed E-state index contributed by atoms with van der Waals surface area (Å²) in [5.74, 6) is -3.83. The van der Waals surface area contributed by atoms with Gasteiger partial charge in [0.2, 0.25) is 11.8 Å². The van der Waals surface area contributed by atoms with E-state index >= 15 is 0 Å². The highest BCUT2D eigenvalue weighted by atomic mass is 16.6. The highest BCUT2D eigenvalue weighted by molar-refractivity contribution is 6.04. The zero-order valence-electron chi connectivity index (χ0n) is 71.2. The number of hydrogen-bond donors (Lipinski definition) is 9. The smallest absolute Gasteiger partial charge is 0.424 e. The molecule has 7 aromatic carbocycles. The molecule has 0 unspecified atom stereocenters. The standard InChI is InChI=1S/C42H51N5O10.C24H38N4O6.C24H18N2O7/c1-26(2)36(46-40(52)57-42(3,4)5)35(48)22-30(13-10-20-44-39(43)51)37(49)45-31-17-14-28(15-18-31)25-56-41(53)47-33-23-32(55-24-27-11-8-7-9-12-27)19-16-29(33)21-34(47)38(50)54-6;1-15(2)20(28-23(33)34-24(3,4)5)19(30)13-17(7-6-12-26-22(25)32)21(31)27-18-10-8-16(14-29)9-11-18;1-31-23(27)22-13-17-7-10-20(32-15-16-5-3-2-4-6-16)14-21(17)25(22)24(28)33-19-11-8-18(9-12-19)26(29)30/h7-9,11-12,14-19,21,23,26,30,36H,10,13,20,22,24-25H2,1-6H3,(H,45,49)(H,46,52)(H3,43,44,51);8-11,15,17,20,29H,6-7,12-14H2,1-5H3,(H,27,31)(H,28,33)(H3,25,26,32);2-14H,15H2,1H3/t30-,36+;17-,20+;/m11./s1. The number of aromatic nitrogens is 2. The van der Waals surface area contributed by atoms with Crippen molar-refractivity contribution in [3.05, 3.63) is 226 Å². The number of fused-ring (bicyclic) bond motifs is 2. The number of esters is 2. The van der Waals surface area contributed by atoms with E-state index < -0.39 is 94.3 Å². The van der Waals surface area contributed by atoms with Crippen molar-refractivity contribution < 1.29 is 105 Å². The minimum Gasteiger partial charge on any atom is -0.489 e. The number of ketones is 2. The minimum atomic E-state index is -0.899. The molecule has 9 rings (SSSR count). The van der Waals surface area contributed by atoms with Crippen LogP contribution in [0.25, 0.3) is 21.8 Å². The molecule has 2 aromatic heterocycles. The van der Waals surface area contributed by atoms with Crippen molar-refractivity contribution in [2.45, 2.75) is 157 Å². The van der Waals surface area contributed by atoms with Gasteiger partial charge in [-0.2, -0.15) is 0 Å². The topological polar surface area (TPSA) is 476 Å². The number of carbonyl (C=O) groups excluding carboxylic acids is 12. The van der Waals surface area contributed by atoms with E-state index in [4.69, 9.17) is 49.4 Å². The average Bonchev–Trinajstić information content (AvgIpc) is 1.63. The number of rotatable bonds is 35. The molecule has 0 aliphatic rings. The van der Waals surface area contributed by atoms with Gasteiger partial charge in [-0.25, -0.2) is 47.5 Å². The number of ether oxygens (including phenoxy) is 8. The van der Waals surface area contributed by atoms with Crippen LogP contribution in [-0.4, -0.2) is 142 Å². The number of amides is 8. The molecule has 34 heteroatoms. The normalized spacial score (nSPS) is 12.0. The van der Waals surface area contributed by atoms with Crippen LogP contribution in [0.4, 0.5) is 45.8 Å². The number of nitrogens with zero attached hydrogens (tertiary/aromatic N) is 3. The molecule has 660 valence electrons. The van der Waals surface area contributed by atoms with Crippen molar-refractivity contribution >= 4 is 111 Å². The second-order valence-corrected chi connectivity index (χ2v) is 31.2. The molecule has 0 saturated carbocycles. The first-order valence-electron chi connectivity index (χ1n) is 39.8. The molecular weight excluding hydrogens is 1600 g/mol. The molecule has 0 radical (unpaired) electrons. The Labute approximate surface area is 716 Å². The quantitative estimate of drug-likeness (QED) is 0.00585. The number of anilines is 2. The number of carbonyl (C=O) groups is 12. The van der Waals surface area contributed by atoms with E-state index in [1.807, 2.05) is 60.7 Å².